The van der Waals surface area contributed by atoms with Crippen LogP contribution in [0.2, 0.25) is 0 Å². The highest BCUT2D eigenvalue weighted by atomic mass is 32.2. The van der Waals surface area contributed by atoms with Gasteiger partial charge < -0.3 is 4.74 Å². The van der Waals surface area contributed by atoms with Crippen molar-refractivity contribution in [3.8, 4) is 0 Å². The molecule has 0 radical (unpaired) electrons. The number of rotatable bonds is 6. The summed E-state index contributed by atoms with van der Waals surface area (Å²) in [6.07, 6.45) is 0.860. The van der Waals surface area contributed by atoms with E-state index in [9.17, 15) is 4.79 Å². The number of hydrogen-bond acceptors (Lipinski definition) is 3. The predicted octanol–water partition coefficient (Wildman–Crippen LogP) is 3.37. The van der Waals surface area contributed by atoms with Crippen molar-refractivity contribution in [2.45, 2.75) is 25.2 Å². The fraction of sp³-hybridized carbons (Fsp3) is 0.462. The standard InChI is InChI=1S/C13H18O2S/c1-3-15-13(14)11(2)9-10-16-12-7-5-4-6-8-12/h4-8,11H,3,9-10H2,1-2H3. The summed E-state index contributed by atoms with van der Waals surface area (Å²) in [6.45, 7) is 4.22. The minimum Gasteiger partial charge on any atom is -0.466 e. The number of esters is 1. The van der Waals surface area contributed by atoms with Crippen molar-refractivity contribution in [1.29, 1.82) is 0 Å². The molecule has 16 heavy (non-hydrogen) atoms. The van der Waals surface area contributed by atoms with E-state index >= 15 is 0 Å². The molecule has 0 amide bonds. The molecule has 1 aromatic rings. The molecule has 1 aromatic carbocycles. The van der Waals surface area contributed by atoms with Crippen LogP contribution in [0, 0.1) is 5.92 Å². The van der Waals surface area contributed by atoms with E-state index in [1.807, 2.05) is 32.0 Å². The maximum atomic E-state index is 11.4. The number of carbonyl (C=O) groups is 1. The largest absolute Gasteiger partial charge is 0.466 e. The zero-order chi connectivity index (χ0) is 11.8. The fourth-order valence-corrected chi connectivity index (χ4v) is 2.33. The van der Waals surface area contributed by atoms with Crippen molar-refractivity contribution in [2.75, 3.05) is 12.4 Å². The van der Waals surface area contributed by atoms with Gasteiger partial charge in [-0.3, -0.25) is 4.79 Å². The van der Waals surface area contributed by atoms with Crippen LogP contribution in [0.15, 0.2) is 35.2 Å². The van der Waals surface area contributed by atoms with Crippen LogP contribution in [0.3, 0.4) is 0 Å². The second-order valence-electron chi connectivity index (χ2n) is 3.60. The molecule has 0 bridgehead atoms. The molecule has 0 aliphatic carbocycles. The van der Waals surface area contributed by atoms with Gasteiger partial charge in [-0.1, -0.05) is 25.1 Å². The second kappa shape index (κ2) is 7.34. The van der Waals surface area contributed by atoms with E-state index in [0.29, 0.717) is 6.61 Å². The Morgan fingerprint density at radius 2 is 2.06 bits per heavy atom. The van der Waals surface area contributed by atoms with Gasteiger partial charge in [0.1, 0.15) is 0 Å². The van der Waals surface area contributed by atoms with Crippen molar-refractivity contribution in [2.24, 2.45) is 5.92 Å². The molecule has 1 rings (SSSR count). The molecule has 0 heterocycles. The van der Waals surface area contributed by atoms with Crippen LogP contribution in [0.25, 0.3) is 0 Å². The summed E-state index contributed by atoms with van der Waals surface area (Å²) in [7, 11) is 0. The maximum absolute atomic E-state index is 11.4. The van der Waals surface area contributed by atoms with Gasteiger partial charge in [0.15, 0.2) is 0 Å². The van der Waals surface area contributed by atoms with E-state index in [0.717, 1.165) is 12.2 Å². The predicted molar refractivity (Wildman–Crippen MR) is 67.6 cm³/mol. The van der Waals surface area contributed by atoms with Gasteiger partial charge in [0, 0.05) is 4.90 Å². The second-order valence-corrected chi connectivity index (χ2v) is 4.77. The van der Waals surface area contributed by atoms with E-state index in [1.54, 1.807) is 11.8 Å². The highest BCUT2D eigenvalue weighted by molar-refractivity contribution is 7.99. The van der Waals surface area contributed by atoms with Crippen LogP contribution < -0.4 is 0 Å². The van der Waals surface area contributed by atoms with Crippen molar-refractivity contribution in [3.63, 3.8) is 0 Å². The Hall–Kier alpha value is -0.960. The third-order valence-corrected chi connectivity index (χ3v) is 3.30. The Morgan fingerprint density at radius 1 is 1.38 bits per heavy atom. The van der Waals surface area contributed by atoms with Gasteiger partial charge in [-0.15, -0.1) is 11.8 Å². The van der Waals surface area contributed by atoms with Crippen LogP contribution in [0.1, 0.15) is 20.3 Å². The summed E-state index contributed by atoms with van der Waals surface area (Å²) in [5.41, 5.74) is 0. The van der Waals surface area contributed by atoms with Crippen molar-refractivity contribution in [3.05, 3.63) is 30.3 Å². The molecule has 0 saturated carbocycles. The van der Waals surface area contributed by atoms with Crippen molar-refractivity contribution < 1.29 is 9.53 Å². The lowest BCUT2D eigenvalue weighted by Crippen LogP contribution is -2.15. The summed E-state index contributed by atoms with van der Waals surface area (Å²) in [6, 6.07) is 10.2. The SMILES string of the molecule is CCOC(=O)C(C)CCSc1ccccc1. The summed E-state index contributed by atoms with van der Waals surface area (Å²) >= 11 is 1.78. The molecule has 3 heteroatoms. The Morgan fingerprint density at radius 3 is 2.69 bits per heavy atom. The van der Waals surface area contributed by atoms with E-state index < -0.39 is 0 Å². The van der Waals surface area contributed by atoms with Gasteiger partial charge in [-0.05, 0) is 31.2 Å². The number of carbonyl (C=O) groups excluding carboxylic acids is 1. The molecular weight excluding hydrogens is 220 g/mol. The number of ether oxygens (including phenoxy) is 1. The zero-order valence-electron chi connectivity index (χ0n) is 9.81. The molecule has 88 valence electrons. The lowest BCUT2D eigenvalue weighted by Gasteiger charge is -2.09. The van der Waals surface area contributed by atoms with Crippen LogP contribution in [-0.4, -0.2) is 18.3 Å². The third-order valence-electron chi connectivity index (χ3n) is 2.25. The van der Waals surface area contributed by atoms with Gasteiger partial charge in [0.2, 0.25) is 0 Å². The monoisotopic (exact) mass is 238 g/mol. The Bertz CT molecular complexity index is 311. The van der Waals surface area contributed by atoms with E-state index in [-0.39, 0.29) is 11.9 Å². The molecule has 1 unspecified atom stereocenters. The van der Waals surface area contributed by atoms with Crippen molar-refractivity contribution in [1.82, 2.24) is 0 Å². The lowest BCUT2D eigenvalue weighted by atomic mass is 10.1. The maximum Gasteiger partial charge on any atom is 0.308 e. The first-order valence-corrected chi connectivity index (χ1v) is 6.57. The number of thioether (sulfide) groups is 1. The first-order chi connectivity index (χ1) is 7.74. The topological polar surface area (TPSA) is 26.3 Å². The highest BCUT2D eigenvalue weighted by Gasteiger charge is 2.13. The number of benzene rings is 1. The van der Waals surface area contributed by atoms with Crippen LogP contribution in [0.4, 0.5) is 0 Å². The molecule has 0 fully saturated rings. The van der Waals surface area contributed by atoms with Crippen LogP contribution in [0.5, 0.6) is 0 Å². The fourth-order valence-electron chi connectivity index (χ4n) is 1.27. The third kappa shape index (κ3) is 4.71. The molecule has 0 N–H and O–H groups in total. The summed E-state index contributed by atoms with van der Waals surface area (Å²) in [4.78, 5) is 12.6. The van der Waals surface area contributed by atoms with Crippen LogP contribution in [-0.2, 0) is 9.53 Å². The van der Waals surface area contributed by atoms with E-state index in [1.165, 1.54) is 4.90 Å². The molecule has 0 aliphatic rings. The first-order valence-electron chi connectivity index (χ1n) is 5.58. The van der Waals surface area contributed by atoms with Gasteiger partial charge in [-0.25, -0.2) is 0 Å². The van der Waals surface area contributed by atoms with E-state index in [2.05, 4.69) is 12.1 Å². The summed E-state index contributed by atoms with van der Waals surface area (Å²) < 4.78 is 4.96. The Labute approximate surface area is 101 Å². The molecule has 0 aliphatic heterocycles. The quantitative estimate of drug-likeness (QED) is 0.561. The molecule has 0 aromatic heterocycles. The summed E-state index contributed by atoms with van der Waals surface area (Å²) in [5, 5.41) is 0. The van der Waals surface area contributed by atoms with Gasteiger partial charge >= 0.3 is 5.97 Å². The molecule has 1 atom stereocenters. The van der Waals surface area contributed by atoms with E-state index in [4.69, 9.17) is 4.74 Å². The zero-order valence-corrected chi connectivity index (χ0v) is 10.6. The normalized spacial score (nSPS) is 12.1. The van der Waals surface area contributed by atoms with Crippen molar-refractivity contribution >= 4 is 17.7 Å². The molecule has 2 nitrogen and oxygen atoms in total. The molecule has 0 spiro atoms. The lowest BCUT2D eigenvalue weighted by molar-refractivity contribution is -0.147. The Kier molecular flexibility index (Phi) is 6.01. The minimum atomic E-state index is -0.0869. The minimum absolute atomic E-state index is 0.00355. The first kappa shape index (κ1) is 13.1. The highest BCUT2D eigenvalue weighted by Crippen LogP contribution is 2.20. The smallest absolute Gasteiger partial charge is 0.308 e. The number of hydrogen-bond donors (Lipinski definition) is 0. The van der Waals surface area contributed by atoms with Gasteiger partial charge in [0.25, 0.3) is 0 Å². The van der Waals surface area contributed by atoms with Gasteiger partial charge in [-0.2, -0.15) is 0 Å². The molecular formula is C13H18O2S. The van der Waals surface area contributed by atoms with Gasteiger partial charge in [0.05, 0.1) is 12.5 Å². The average Bonchev–Trinajstić information content (AvgIpc) is 2.30. The summed E-state index contributed by atoms with van der Waals surface area (Å²) in [5.74, 6) is 0.858. The average molecular weight is 238 g/mol. The Balaban J connectivity index is 2.23. The van der Waals surface area contributed by atoms with Crippen LogP contribution >= 0.6 is 11.8 Å². The molecule has 0 saturated heterocycles.